The van der Waals surface area contributed by atoms with E-state index in [2.05, 4.69) is 59.0 Å². The molecule has 1 fully saturated rings. The fraction of sp³-hybridized carbons (Fsp3) is 0.545. The van der Waals surface area contributed by atoms with Gasteiger partial charge in [-0.1, -0.05) is 37.3 Å². The second kappa shape index (κ2) is 8.07. The summed E-state index contributed by atoms with van der Waals surface area (Å²) in [6.45, 7) is 8.63. The molecule has 1 aromatic heterocycles. The Morgan fingerprint density at radius 3 is 2.65 bits per heavy atom. The van der Waals surface area contributed by atoms with E-state index >= 15 is 0 Å². The standard InChI is InChI=1S/C22H32N4/c1-4-22(13-8-12-19-10-6-5-7-11-19)14-9-15-26(16-22)20-17(2)18(3)24-21(23)25-20/h5-7,10-11H,4,8-9,12-16H2,1-3H3,(H2,23,24,25). The molecule has 1 aliphatic rings. The quantitative estimate of drug-likeness (QED) is 0.819. The molecule has 0 amide bonds. The van der Waals surface area contributed by atoms with Crippen LogP contribution in [0.4, 0.5) is 11.8 Å². The molecule has 2 N–H and O–H groups in total. The minimum absolute atomic E-state index is 0.382. The molecular formula is C22H32N4. The van der Waals surface area contributed by atoms with Gasteiger partial charge in [0.2, 0.25) is 5.95 Å². The molecular weight excluding hydrogens is 320 g/mol. The fourth-order valence-corrected chi connectivity index (χ4v) is 4.31. The van der Waals surface area contributed by atoms with Gasteiger partial charge in [0.05, 0.1) is 0 Å². The fourth-order valence-electron chi connectivity index (χ4n) is 4.31. The second-order valence-corrected chi connectivity index (χ2v) is 7.83. The molecule has 0 radical (unpaired) electrons. The van der Waals surface area contributed by atoms with Crippen molar-refractivity contribution >= 4 is 11.8 Å². The van der Waals surface area contributed by atoms with E-state index in [1.54, 1.807) is 0 Å². The third-order valence-electron chi connectivity index (χ3n) is 6.11. The molecule has 2 heterocycles. The van der Waals surface area contributed by atoms with Crippen molar-refractivity contribution in [1.82, 2.24) is 9.97 Å². The number of hydrogen-bond acceptors (Lipinski definition) is 4. The topological polar surface area (TPSA) is 55.0 Å². The van der Waals surface area contributed by atoms with Crippen LogP contribution in [0.3, 0.4) is 0 Å². The third kappa shape index (κ3) is 4.17. The van der Waals surface area contributed by atoms with Gasteiger partial charge in [0.25, 0.3) is 0 Å². The highest BCUT2D eigenvalue weighted by Gasteiger charge is 2.34. The van der Waals surface area contributed by atoms with Crippen LogP contribution in [-0.2, 0) is 6.42 Å². The largest absolute Gasteiger partial charge is 0.368 e. The summed E-state index contributed by atoms with van der Waals surface area (Å²) in [5.41, 5.74) is 9.91. The number of nitrogens with zero attached hydrogens (tertiary/aromatic N) is 3. The molecule has 3 rings (SSSR count). The van der Waals surface area contributed by atoms with Gasteiger partial charge in [-0.2, -0.15) is 4.98 Å². The average molecular weight is 353 g/mol. The van der Waals surface area contributed by atoms with Crippen LogP contribution in [0, 0.1) is 19.3 Å². The molecule has 1 aliphatic heterocycles. The third-order valence-corrected chi connectivity index (χ3v) is 6.11. The normalized spacial score (nSPS) is 20.3. The number of piperidine rings is 1. The Kier molecular flexibility index (Phi) is 5.80. The van der Waals surface area contributed by atoms with Gasteiger partial charge in [-0.15, -0.1) is 0 Å². The molecule has 1 atom stereocenters. The first-order valence-corrected chi connectivity index (χ1v) is 9.92. The first kappa shape index (κ1) is 18.7. The Balaban J connectivity index is 1.70. The van der Waals surface area contributed by atoms with Crippen molar-refractivity contribution in [2.24, 2.45) is 5.41 Å². The lowest BCUT2D eigenvalue weighted by atomic mass is 9.73. The van der Waals surface area contributed by atoms with Crippen molar-refractivity contribution in [3.63, 3.8) is 0 Å². The first-order chi connectivity index (χ1) is 12.5. The van der Waals surface area contributed by atoms with Crippen LogP contribution in [-0.4, -0.2) is 23.1 Å². The summed E-state index contributed by atoms with van der Waals surface area (Å²) in [5.74, 6) is 1.43. The van der Waals surface area contributed by atoms with E-state index in [1.165, 1.54) is 44.1 Å². The average Bonchev–Trinajstić information content (AvgIpc) is 2.66. The van der Waals surface area contributed by atoms with Crippen molar-refractivity contribution < 1.29 is 0 Å². The summed E-state index contributed by atoms with van der Waals surface area (Å²) in [6, 6.07) is 10.8. The molecule has 1 unspecified atom stereocenters. The highest BCUT2D eigenvalue weighted by atomic mass is 15.2. The Bertz CT molecular complexity index is 728. The summed E-state index contributed by atoms with van der Waals surface area (Å²) in [7, 11) is 0. The van der Waals surface area contributed by atoms with E-state index in [0.29, 0.717) is 11.4 Å². The zero-order valence-electron chi connectivity index (χ0n) is 16.5. The van der Waals surface area contributed by atoms with Gasteiger partial charge < -0.3 is 10.6 Å². The van der Waals surface area contributed by atoms with Crippen LogP contribution >= 0.6 is 0 Å². The number of hydrogen-bond donors (Lipinski definition) is 1. The predicted octanol–water partition coefficient (Wildman–Crippen LogP) is 4.70. The number of rotatable bonds is 6. The number of nitrogens with two attached hydrogens (primary N) is 1. The molecule has 2 aromatic rings. The number of benzene rings is 1. The van der Waals surface area contributed by atoms with Crippen molar-refractivity contribution in [2.75, 3.05) is 23.7 Å². The summed E-state index contributed by atoms with van der Waals surface area (Å²) >= 11 is 0. The van der Waals surface area contributed by atoms with E-state index in [9.17, 15) is 0 Å². The van der Waals surface area contributed by atoms with Gasteiger partial charge in [0, 0.05) is 24.3 Å². The van der Waals surface area contributed by atoms with Gasteiger partial charge >= 0.3 is 0 Å². The Hall–Kier alpha value is -2.10. The molecule has 1 aromatic carbocycles. The molecule has 4 heteroatoms. The lowest BCUT2D eigenvalue weighted by Gasteiger charge is -2.44. The zero-order chi connectivity index (χ0) is 18.6. The number of aryl methyl sites for hydroxylation is 2. The van der Waals surface area contributed by atoms with E-state index in [4.69, 9.17) is 5.73 Å². The molecule has 1 saturated heterocycles. The molecule has 0 spiro atoms. The van der Waals surface area contributed by atoms with Crippen LogP contribution in [0.15, 0.2) is 30.3 Å². The van der Waals surface area contributed by atoms with E-state index in [0.717, 1.165) is 30.2 Å². The van der Waals surface area contributed by atoms with E-state index < -0.39 is 0 Å². The monoisotopic (exact) mass is 352 g/mol. The molecule has 140 valence electrons. The molecule has 26 heavy (non-hydrogen) atoms. The van der Waals surface area contributed by atoms with Crippen molar-refractivity contribution in [3.05, 3.63) is 47.2 Å². The maximum absolute atomic E-state index is 5.93. The van der Waals surface area contributed by atoms with Crippen LogP contribution in [0.5, 0.6) is 0 Å². The van der Waals surface area contributed by atoms with Crippen LogP contribution < -0.4 is 10.6 Å². The van der Waals surface area contributed by atoms with Gasteiger partial charge in [-0.25, -0.2) is 4.98 Å². The van der Waals surface area contributed by atoms with E-state index in [1.807, 2.05) is 6.92 Å². The number of nitrogen functional groups attached to an aromatic ring is 1. The Morgan fingerprint density at radius 1 is 1.15 bits per heavy atom. The predicted molar refractivity (Wildman–Crippen MR) is 109 cm³/mol. The summed E-state index contributed by atoms with van der Waals surface area (Å²) in [6.07, 6.45) is 7.44. The van der Waals surface area contributed by atoms with Crippen LogP contribution in [0.2, 0.25) is 0 Å². The van der Waals surface area contributed by atoms with Crippen LogP contribution in [0.1, 0.15) is 55.8 Å². The number of anilines is 2. The first-order valence-electron chi connectivity index (χ1n) is 9.92. The summed E-state index contributed by atoms with van der Waals surface area (Å²) in [5, 5.41) is 0. The lowest BCUT2D eigenvalue weighted by molar-refractivity contribution is 0.198. The van der Waals surface area contributed by atoms with Gasteiger partial charge in [-0.05, 0) is 63.4 Å². The van der Waals surface area contributed by atoms with Gasteiger partial charge in [0.1, 0.15) is 5.82 Å². The minimum atomic E-state index is 0.382. The molecule has 4 nitrogen and oxygen atoms in total. The summed E-state index contributed by atoms with van der Waals surface area (Å²) in [4.78, 5) is 11.3. The summed E-state index contributed by atoms with van der Waals surface area (Å²) < 4.78 is 0. The maximum Gasteiger partial charge on any atom is 0.222 e. The smallest absolute Gasteiger partial charge is 0.222 e. The van der Waals surface area contributed by atoms with Crippen LogP contribution in [0.25, 0.3) is 0 Å². The Morgan fingerprint density at radius 2 is 1.92 bits per heavy atom. The molecule has 0 saturated carbocycles. The minimum Gasteiger partial charge on any atom is -0.368 e. The zero-order valence-corrected chi connectivity index (χ0v) is 16.5. The van der Waals surface area contributed by atoms with Crippen molar-refractivity contribution in [2.45, 2.75) is 59.3 Å². The Labute approximate surface area is 157 Å². The highest BCUT2D eigenvalue weighted by molar-refractivity contribution is 5.51. The maximum atomic E-state index is 5.93. The van der Waals surface area contributed by atoms with Gasteiger partial charge in [-0.3, -0.25) is 0 Å². The highest BCUT2D eigenvalue weighted by Crippen LogP contribution is 2.40. The molecule has 0 bridgehead atoms. The molecule has 0 aliphatic carbocycles. The second-order valence-electron chi connectivity index (χ2n) is 7.83. The van der Waals surface area contributed by atoms with Crippen molar-refractivity contribution in [3.8, 4) is 0 Å². The van der Waals surface area contributed by atoms with E-state index in [-0.39, 0.29) is 0 Å². The van der Waals surface area contributed by atoms with Gasteiger partial charge in [0.15, 0.2) is 0 Å². The number of aromatic nitrogens is 2. The SMILES string of the molecule is CCC1(CCCc2ccccc2)CCCN(c2nc(N)nc(C)c2C)C1. The lowest BCUT2D eigenvalue weighted by Crippen LogP contribution is -2.44. The van der Waals surface area contributed by atoms with Crippen molar-refractivity contribution in [1.29, 1.82) is 0 Å².